The first-order valence-electron chi connectivity index (χ1n) is 6.07. The van der Waals surface area contributed by atoms with Gasteiger partial charge in [0.2, 0.25) is 0 Å². The molecule has 2 N–H and O–H groups in total. The van der Waals surface area contributed by atoms with Gasteiger partial charge in [-0.25, -0.2) is 4.98 Å². The van der Waals surface area contributed by atoms with Crippen molar-refractivity contribution in [2.24, 2.45) is 5.73 Å². The molecule has 0 aliphatic carbocycles. The summed E-state index contributed by atoms with van der Waals surface area (Å²) in [5.74, 6) is 0. The number of ether oxygens (including phenoxy) is 1. The van der Waals surface area contributed by atoms with E-state index in [1.165, 1.54) is 5.56 Å². The second kappa shape index (κ2) is 6.48. The van der Waals surface area contributed by atoms with Crippen molar-refractivity contribution >= 4 is 22.9 Å². The Morgan fingerprint density at radius 2 is 2.05 bits per heavy atom. The SMILES string of the molecule is COCc1nc(Cc2ccc(Cl)cc2)sc1C(C)N. The fraction of sp³-hybridized carbons (Fsp3) is 0.357. The molecule has 3 nitrogen and oxygen atoms in total. The molecule has 2 rings (SSSR count). The third-order valence-corrected chi connectivity index (χ3v) is 4.29. The molecule has 0 saturated heterocycles. The van der Waals surface area contributed by atoms with Crippen LogP contribution in [-0.2, 0) is 17.8 Å². The van der Waals surface area contributed by atoms with Crippen LogP contribution in [0.25, 0.3) is 0 Å². The second-order valence-electron chi connectivity index (χ2n) is 4.44. The standard InChI is InChI=1S/C14H17ClN2OS/c1-9(16)14-12(8-18-2)17-13(19-14)7-10-3-5-11(15)6-4-10/h3-6,9H,7-8,16H2,1-2H3. The first-order valence-corrected chi connectivity index (χ1v) is 7.27. The zero-order valence-corrected chi connectivity index (χ0v) is 12.6. The number of aromatic nitrogens is 1. The molecule has 5 heteroatoms. The molecule has 0 spiro atoms. The number of nitrogens with zero attached hydrogens (tertiary/aromatic N) is 1. The molecule has 19 heavy (non-hydrogen) atoms. The summed E-state index contributed by atoms with van der Waals surface area (Å²) in [7, 11) is 1.67. The van der Waals surface area contributed by atoms with Gasteiger partial charge in [-0.05, 0) is 24.6 Å². The van der Waals surface area contributed by atoms with Crippen LogP contribution in [0.4, 0.5) is 0 Å². The minimum absolute atomic E-state index is 0.0124. The van der Waals surface area contributed by atoms with E-state index in [-0.39, 0.29) is 6.04 Å². The van der Waals surface area contributed by atoms with Gasteiger partial charge in [0.15, 0.2) is 0 Å². The number of thiazole rings is 1. The van der Waals surface area contributed by atoms with E-state index in [1.54, 1.807) is 18.4 Å². The third-order valence-electron chi connectivity index (χ3n) is 2.74. The molecule has 0 bridgehead atoms. The van der Waals surface area contributed by atoms with Crippen molar-refractivity contribution in [2.75, 3.05) is 7.11 Å². The molecule has 0 saturated carbocycles. The molecule has 0 radical (unpaired) electrons. The minimum atomic E-state index is -0.0124. The Morgan fingerprint density at radius 3 is 2.63 bits per heavy atom. The predicted molar refractivity (Wildman–Crippen MR) is 79.7 cm³/mol. The normalized spacial score (nSPS) is 12.6. The van der Waals surface area contributed by atoms with Crippen LogP contribution in [-0.4, -0.2) is 12.1 Å². The molecule has 1 heterocycles. The van der Waals surface area contributed by atoms with E-state index in [1.807, 2.05) is 31.2 Å². The maximum atomic E-state index is 5.97. The monoisotopic (exact) mass is 296 g/mol. The molecule has 0 amide bonds. The van der Waals surface area contributed by atoms with E-state index in [0.29, 0.717) is 6.61 Å². The highest BCUT2D eigenvalue weighted by Gasteiger charge is 2.14. The highest BCUT2D eigenvalue weighted by molar-refractivity contribution is 7.11. The summed E-state index contributed by atoms with van der Waals surface area (Å²) in [6.45, 7) is 2.48. The average molecular weight is 297 g/mol. The Morgan fingerprint density at radius 1 is 1.37 bits per heavy atom. The molecule has 1 unspecified atom stereocenters. The van der Waals surface area contributed by atoms with Gasteiger partial charge in [0, 0.05) is 29.5 Å². The first-order chi connectivity index (χ1) is 9.10. The van der Waals surface area contributed by atoms with Crippen LogP contribution in [0.5, 0.6) is 0 Å². The van der Waals surface area contributed by atoms with Crippen molar-refractivity contribution in [2.45, 2.75) is 26.0 Å². The van der Waals surface area contributed by atoms with Crippen molar-refractivity contribution < 1.29 is 4.74 Å². The van der Waals surface area contributed by atoms with Gasteiger partial charge in [0.05, 0.1) is 17.3 Å². The molecule has 1 atom stereocenters. The summed E-state index contributed by atoms with van der Waals surface area (Å²) in [4.78, 5) is 5.72. The van der Waals surface area contributed by atoms with Gasteiger partial charge in [-0.1, -0.05) is 23.7 Å². The van der Waals surface area contributed by atoms with Gasteiger partial charge in [-0.3, -0.25) is 0 Å². The van der Waals surface area contributed by atoms with Crippen LogP contribution in [0, 0.1) is 0 Å². The molecular formula is C14H17ClN2OS. The summed E-state index contributed by atoms with van der Waals surface area (Å²) in [6, 6.07) is 7.82. The Bertz CT molecular complexity index is 537. The summed E-state index contributed by atoms with van der Waals surface area (Å²) in [5.41, 5.74) is 8.11. The van der Waals surface area contributed by atoms with E-state index >= 15 is 0 Å². The van der Waals surface area contributed by atoms with Crippen molar-refractivity contribution in [1.29, 1.82) is 0 Å². The number of methoxy groups -OCH3 is 1. The number of hydrogen-bond acceptors (Lipinski definition) is 4. The zero-order chi connectivity index (χ0) is 13.8. The van der Waals surface area contributed by atoms with E-state index < -0.39 is 0 Å². The van der Waals surface area contributed by atoms with E-state index in [2.05, 4.69) is 4.98 Å². The number of nitrogens with two attached hydrogens (primary N) is 1. The van der Waals surface area contributed by atoms with Gasteiger partial charge in [-0.2, -0.15) is 0 Å². The van der Waals surface area contributed by atoms with Gasteiger partial charge in [0.1, 0.15) is 0 Å². The second-order valence-corrected chi connectivity index (χ2v) is 6.00. The van der Waals surface area contributed by atoms with E-state index in [0.717, 1.165) is 27.0 Å². The molecule has 0 fully saturated rings. The highest BCUT2D eigenvalue weighted by atomic mass is 35.5. The summed E-state index contributed by atoms with van der Waals surface area (Å²) >= 11 is 7.54. The fourth-order valence-electron chi connectivity index (χ4n) is 1.86. The maximum Gasteiger partial charge on any atom is 0.0976 e. The highest BCUT2D eigenvalue weighted by Crippen LogP contribution is 2.26. The van der Waals surface area contributed by atoms with Gasteiger partial charge in [0.25, 0.3) is 0 Å². The van der Waals surface area contributed by atoms with Crippen LogP contribution in [0.15, 0.2) is 24.3 Å². The number of benzene rings is 1. The fourth-order valence-corrected chi connectivity index (χ4v) is 3.05. The average Bonchev–Trinajstić information content (AvgIpc) is 2.76. The lowest BCUT2D eigenvalue weighted by Crippen LogP contribution is -2.06. The quantitative estimate of drug-likeness (QED) is 0.918. The van der Waals surface area contributed by atoms with Crippen molar-refractivity contribution in [3.8, 4) is 0 Å². The largest absolute Gasteiger partial charge is 0.378 e. The lowest BCUT2D eigenvalue weighted by atomic mass is 10.2. The number of rotatable bonds is 5. The molecule has 1 aromatic carbocycles. The third kappa shape index (κ3) is 3.76. The van der Waals surface area contributed by atoms with Gasteiger partial charge in [-0.15, -0.1) is 11.3 Å². The summed E-state index contributed by atoms with van der Waals surface area (Å²) < 4.78 is 5.17. The smallest absolute Gasteiger partial charge is 0.0976 e. The number of hydrogen-bond donors (Lipinski definition) is 1. The predicted octanol–water partition coefficient (Wildman–Crippen LogP) is 3.55. The van der Waals surface area contributed by atoms with Crippen molar-refractivity contribution in [3.63, 3.8) is 0 Å². The van der Waals surface area contributed by atoms with Crippen molar-refractivity contribution in [1.82, 2.24) is 4.98 Å². The van der Waals surface area contributed by atoms with Gasteiger partial charge < -0.3 is 10.5 Å². The Hall–Kier alpha value is -0.940. The summed E-state index contributed by atoms with van der Waals surface area (Å²) in [5, 5.41) is 1.81. The van der Waals surface area contributed by atoms with Crippen LogP contribution < -0.4 is 5.73 Å². The van der Waals surface area contributed by atoms with Crippen LogP contribution in [0.3, 0.4) is 0 Å². The topological polar surface area (TPSA) is 48.1 Å². The molecule has 0 aliphatic heterocycles. The molecule has 0 aliphatic rings. The zero-order valence-electron chi connectivity index (χ0n) is 11.0. The summed E-state index contributed by atoms with van der Waals surface area (Å²) in [6.07, 6.45) is 0.797. The Kier molecular flexibility index (Phi) is 4.93. The lowest BCUT2D eigenvalue weighted by Gasteiger charge is -2.03. The van der Waals surface area contributed by atoms with E-state index in [9.17, 15) is 0 Å². The first kappa shape index (κ1) is 14.5. The Balaban J connectivity index is 2.20. The molecular weight excluding hydrogens is 280 g/mol. The van der Waals surface area contributed by atoms with Crippen LogP contribution >= 0.6 is 22.9 Å². The molecule has 2 aromatic rings. The van der Waals surface area contributed by atoms with Crippen LogP contribution in [0.1, 0.15) is 34.1 Å². The number of halogens is 1. The van der Waals surface area contributed by atoms with Gasteiger partial charge >= 0.3 is 0 Å². The minimum Gasteiger partial charge on any atom is -0.378 e. The maximum absolute atomic E-state index is 5.97. The lowest BCUT2D eigenvalue weighted by molar-refractivity contribution is 0.181. The molecule has 1 aromatic heterocycles. The van der Waals surface area contributed by atoms with Crippen molar-refractivity contribution in [3.05, 3.63) is 50.4 Å². The molecule has 102 valence electrons. The van der Waals surface area contributed by atoms with Crippen LogP contribution in [0.2, 0.25) is 5.02 Å². The Labute approximate surface area is 122 Å². The van der Waals surface area contributed by atoms with E-state index in [4.69, 9.17) is 22.1 Å².